The predicted molar refractivity (Wildman–Crippen MR) is 116 cm³/mol. The van der Waals surface area contributed by atoms with Gasteiger partial charge in [0.1, 0.15) is 0 Å². The lowest BCUT2D eigenvalue weighted by atomic mass is 10.0. The summed E-state index contributed by atoms with van der Waals surface area (Å²) in [7, 11) is 1.65. The number of ether oxygens (including phenoxy) is 2. The van der Waals surface area contributed by atoms with E-state index in [0.29, 0.717) is 23.0 Å². The maximum Gasteiger partial charge on any atom is 0.216 e. The van der Waals surface area contributed by atoms with Crippen molar-refractivity contribution in [3.63, 3.8) is 0 Å². The average molecular weight is 405 g/mol. The van der Waals surface area contributed by atoms with E-state index in [9.17, 15) is 0 Å². The summed E-state index contributed by atoms with van der Waals surface area (Å²) >= 11 is 5.34. The number of benzene rings is 1. The first-order valence-electron chi connectivity index (χ1n) is 10.2. The highest BCUT2D eigenvalue weighted by Crippen LogP contribution is 2.28. The molecule has 2 aromatic rings. The van der Waals surface area contributed by atoms with Crippen molar-refractivity contribution in [2.45, 2.75) is 65.2 Å². The van der Waals surface area contributed by atoms with Crippen molar-refractivity contribution >= 4 is 18.4 Å². The lowest BCUT2D eigenvalue weighted by molar-refractivity contribution is 0.285. The second kappa shape index (κ2) is 11.6. The molecule has 0 spiro atoms. The number of unbranched alkanes of at least 4 members (excludes halogenated alkanes) is 3. The Hall–Kier alpha value is -2.15. The van der Waals surface area contributed by atoms with Crippen LogP contribution in [0.3, 0.4) is 0 Å². The normalized spacial score (nSPS) is 11.5. The third kappa shape index (κ3) is 5.92. The Kier molecular flexibility index (Phi) is 9.20. The Morgan fingerprint density at radius 2 is 1.96 bits per heavy atom. The lowest BCUT2D eigenvalue weighted by Gasteiger charge is -2.12. The zero-order valence-electron chi connectivity index (χ0n) is 17.4. The standard InChI is InChI=1S/C21H32N4O2S/c1-5-8-9-10-13-27-18-12-11-16(14-19(18)26-4)15-22-25-20(17(6-2)7-3)23-24-21(25)28/h11-12,14-15,17H,5-10,13H2,1-4H3,(H,24,28)/b22-15-. The van der Waals surface area contributed by atoms with E-state index in [1.54, 1.807) is 18.0 Å². The molecule has 1 N–H and O–H groups in total. The van der Waals surface area contributed by atoms with Gasteiger partial charge in [0.2, 0.25) is 4.77 Å². The van der Waals surface area contributed by atoms with E-state index in [4.69, 9.17) is 21.7 Å². The molecule has 2 rings (SSSR count). The SMILES string of the molecule is CCCCCCOc1ccc(/C=N\n2c(C(CC)CC)n[nH]c2=S)cc1OC. The fourth-order valence-corrected chi connectivity index (χ4v) is 3.24. The molecule has 6 nitrogen and oxygen atoms in total. The van der Waals surface area contributed by atoms with Crippen LogP contribution >= 0.6 is 12.2 Å². The van der Waals surface area contributed by atoms with Gasteiger partial charge < -0.3 is 9.47 Å². The number of hydrogen-bond donors (Lipinski definition) is 1. The number of aromatic nitrogens is 3. The van der Waals surface area contributed by atoms with Crippen LogP contribution < -0.4 is 9.47 Å². The summed E-state index contributed by atoms with van der Waals surface area (Å²) in [6.07, 6.45) is 8.45. The maximum atomic E-state index is 5.87. The summed E-state index contributed by atoms with van der Waals surface area (Å²) in [6, 6.07) is 5.82. The molecule has 0 radical (unpaired) electrons. The maximum absolute atomic E-state index is 5.87. The van der Waals surface area contributed by atoms with Crippen molar-refractivity contribution < 1.29 is 9.47 Å². The van der Waals surface area contributed by atoms with Gasteiger partial charge in [0, 0.05) is 5.92 Å². The molecule has 0 saturated carbocycles. The van der Waals surface area contributed by atoms with E-state index in [0.717, 1.165) is 36.4 Å². The highest BCUT2D eigenvalue weighted by molar-refractivity contribution is 7.71. The van der Waals surface area contributed by atoms with Crippen LogP contribution in [0.1, 0.15) is 76.6 Å². The van der Waals surface area contributed by atoms with Gasteiger partial charge in [0.05, 0.1) is 19.9 Å². The third-order valence-corrected chi connectivity index (χ3v) is 5.06. The van der Waals surface area contributed by atoms with E-state index < -0.39 is 0 Å². The summed E-state index contributed by atoms with van der Waals surface area (Å²) in [5.74, 6) is 2.65. The minimum Gasteiger partial charge on any atom is -0.493 e. The smallest absolute Gasteiger partial charge is 0.216 e. The molecular weight excluding hydrogens is 372 g/mol. The van der Waals surface area contributed by atoms with Crippen LogP contribution in [0.15, 0.2) is 23.3 Å². The first-order valence-corrected chi connectivity index (χ1v) is 10.6. The van der Waals surface area contributed by atoms with Crippen molar-refractivity contribution in [3.8, 4) is 11.5 Å². The highest BCUT2D eigenvalue weighted by Gasteiger charge is 2.15. The Balaban J connectivity index is 2.12. The second-order valence-corrected chi connectivity index (χ2v) is 7.16. The van der Waals surface area contributed by atoms with Crippen LogP contribution in [-0.2, 0) is 0 Å². The molecule has 0 amide bonds. The summed E-state index contributed by atoms with van der Waals surface area (Å²) < 4.78 is 13.6. The summed E-state index contributed by atoms with van der Waals surface area (Å²) in [4.78, 5) is 0. The Labute approximate surface area is 173 Å². The van der Waals surface area contributed by atoms with Gasteiger partial charge in [0.25, 0.3) is 0 Å². The van der Waals surface area contributed by atoms with E-state index in [1.807, 2.05) is 18.2 Å². The van der Waals surface area contributed by atoms with Gasteiger partial charge in [-0.15, -0.1) is 0 Å². The number of rotatable bonds is 12. The number of nitrogens with zero attached hydrogens (tertiary/aromatic N) is 3. The van der Waals surface area contributed by atoms with Crippen molar-refractivity contribution in [2.24, 2.45) is 5.10 Å². The largest absolute Gasteiger partial charge is 0.493 e. The van der Waals surface area contributed by atoms with Crippen LogP contribution in [0.2, 0.25) is 0 Å². The third-order valence-electron chi connectivity index (χ3n) is 4.79. The zero-order chi connectivity index (χ0) is 20.4. The summed E-state index contributed by atoms with van der Waals surface area (Å²) in [6.45, 7) is 7.19. The van der Waals surface area contributed by atoms with Gasteiger partial charge in [-0.25, -0.2) is 0 Å². The first kappa shape index (κ1) is 22.1. The Bertz CT molecular complexity index is 809. The number of hydrogen-bond acceptors (Lipinski definition) is 5. The Morgan fingerprint density at radius 1 is 1.18 bits per heavy atom. The predicted octanol–water partition coefficient (Wildman–Crippen LogP) is 5.69. The summed E-state index contributed by atoms with van der Waals surface area (Å²) in [5.41, 5.74) is 0.911. The average Bonchev–Trinajstić information content (AvgIpc) is 3.08. The van der Waals surface area contributed by atoms with Crippen molar-refractivity contribution in [1.29, 1.82) is 0 Å². The van der Waals surface area contributed by atoms with Crippen LogP contribution in [0.4, 0.5) is 0 Å². The Morgan fingerprint density at radius 3 is 2.64 bits per heavy atom. The highest BCUT2D eigenvalue weighted by atomic mass is 32.1. The number of H-pyrrole nitrogens is 1. The van der Waals surface area contributed by atoms with Crippen LogP contribution in [0.5, 0.6) is 11.5 Å². The van der Waals surface area contributed by atoms with Gasteiger partial charge in [0.15, 0.2) is 17.3 Å². The molecule has 0 bridgehead atoms. The molecule has 0 atom stereocenters. The molecule has 1 heterocycles. The summed E-state index contributed by atoms with van der Waals surface area (Å²) in [5, 5.41) is 11.8. The molecule has 1 aromatic carbocycles. The van der Waals surface area contributed by atoms with Gasteiger partial charge in [-0.1, -0.05) is 40.0 Å². The molecule has 0 fully saturated rings. The molecule has 0 aliphatic heterocycles. The molecule has 1 aromatic heterocycles. The zero-order valence-corrected chi connectivity index (χ0v) is 18.2. The molecule has 0 saturated heterocycles. The first-order chi connectivity index (χ1) is 13.6. The quantitative estimate of drug-likeness (QED) is 0.280. The fraction of sp³-hybridized carbons (Fsp3) is 0.571. The molecule has 0 unspecified atom stereocenters. The van der Waals surface area contributed by atoms with Gasteiger partial charge in [-0.3, -0.25) is 5.10 Å². The van der Waals surface area contributed by atoms with Crippen LogP contribution in [0.25, 0.3) is 0 Å². The second-order valence-electron chi connectivity index (χ2n) is 6.78. The monoisotopic (exact) mass is 404 g/mol. The van der Waals surface area contributed by atoms with Crippen molar-refractivity contribution in [2.75, 3.05) is 13.7 Å². The number of aromatic amines is 1. The van der Waals surface area contributed by atoms with E-state index in [-0.39, 0.29) is 0 Å². The molecular formula is C21H32N4O2S. The molecule has 7 heteroatoms. The lowest BCUT2D eigenvalue weighted by Crippen LogP contribution is -2.05. The van der Waals surface area contributed by atoms with E-state index in [2.05, 4.69) is 36.1 Å². The number of methoxy groups -OCH3 is 1. The van der Waals surface area contributed by atoms with Crippen LogP contribution in [0, 0.1) is 4.77 Å². The van der Waals surface area contributed by atoms with Crippen molar-refractivity contribution in [3.05, 3.63) is 34.4 Å². The van der Waals surface area contributed by atoms with Gasteiger partial charge >= 0.3 is 0 Å². The molecule has 0 aliphatic carbocycles. The molecule has 154 valence electrons. The molecule has 0 aliphatic rings. The minimum absolute atomic E-state index is 0.322. The van der Waals surface area contributed by atoms with Crippen LogP contribution in [-0.4, -0.2) is 34.8 Å². The number of nitrogens with one attached hydrogen (secondary N) is 1. The topological polar surface area (TPSA) is 64.4 Å². The fourth-order valence-electron chi connectivity index (χ4n) is 3.05. The minimum atomic E-state index is 0.322. The van der Waals surface area contributed by atoms with E-state index in [1.165, 1.54) is 19.3 Å². The van der Waals surface area contributed by atoms with Crippen molar-refractivity contribution in [1.82, 2.24) is 14.9 Å². The van der Waals surface area contributed by atoms with Gasteiger partial charge in [-0.2, -0.15) is 14.9 Å². The van der Waals surface area contributed by atoms with E-state index >= 15 is 0 Å². The van der Waals surface area contributed by atoms with Gasteiger partial charge in [-0.05, 0) is 55.2 Å². The molecule has 28 heavy (non-hydrogen) atoms.